The van der Waals surface area contributed by atoms with Crippen LogP contribution in [-0.4, -0.2) is 63.6 Å². The fourth-order valence-corrected chi connectivity index (χ4v) is 3.73. The predicted octanol–water partition coefficient (Wildman–Crippen LogP) is 0.894. The Kier molecular flexibility index (Phi) is 8.51. The lowest BCUT2D eigenvalue weighted by Gasteiger charge is -2.17. The van der Waals surface area contributed by atoms with Crippen molar-refractivity contribution in [2.24, 2.45) is 5.73 Å². The molecule has 11 nitrogen and oxygen atoms in total. The van der Waals surface area contributed by atoms with Gasteiger partial charge in [0.15, 0.2) is 12.6 Å². The van der Waals surface area contributed by atoms with Gasteiger partial charge >= 0.3 is 22.1 Å². The summed E-state index contributed by atoms with van der Waals surface area (Å²) in [6.45, 7) is -0.560. The summed E-state index contributed by atoms with van der Waals surface area (Å²) in [5.74, 6) is -5.07. The first-order chi connectivity index (χ1) is 15.5. The summed E-state index contributed by atoms with van der Waals surface area (Å²) in [5.41, 5.74) is 5.89. The zero-order chi connectivity index (χ0) is 24.6. The maximum atomic E-state index is 12.6. The monoisotopic (exact) mass is 476 g/mol. The van der Waals surface area contributed by atoms with E-state index in [1.807, 2.05) is 0 Å². The van der Waals surface area contributed by atoms with Crippen LogP contribution in [0.4, 0.5) is 5.69 Å². The molecule has 12 heteroatoms. The minimum absolute atomic E-state index is 0.0666. The summed E-state index contributed by atoms with van der Waals surface area (Å²) in [4.78, 5) is 37.9. The molecule has 1 amide bonds. The molecule has 0 saturated heterocycles. The third-order valence-electron chi connectivity index (χ3n) is 4.30. The van der Waals surface area contributed by atoms with Crippen molar-refractivity contribution in [1.82, 2.24) is 4.90 Å². The molecule has 0 saturated carbocycles. The number of carbonyl (C=O) groups excluding carboxylic acids is 3. The van der Waals surface area contributed by atoms with Crippen LogP contribution in [0.25, 0.3) is 0 Å². The number of benzene rings is 2. The Bertz CT molecular complexity index is 1120. The highest BCUT2D eigenvalue weighted by Crippen LogP contribution is 2.21. The number of hydrogen-bond acceptors (Lipinski definition) is 8. The lowest BCUT2D eigenvalue weighted by Crippen LogP contribution is -2.31. The Labute approximate surface area is 191 Å². The molecule has 2 aromatic rings. The van der Waals surface area contributed by atoms with Crippen molar-refractivity contribution in [1.29, 1.82) is 5.41 Å². The zero-order valence-electron chi connectivity index (χ0n) is 18.0. The summed E-state index contributed by atoms with van der Waals surface area (Å²) >= 11 is 0. The minimum Gasteiger partial charge on any atom is -0.455 e. The third kappa shape index (κ3) is 7.92. The van der Waals surface area contributed by atoms with Crippen LogP contribution >= 0.6 is 0 Å². The highest BCUT2D eigenvalue weighted by atomic mass is 32.2. The number of esters is 1. The number of amides is 1. The fourth-order valence-electron chi connectivity index (χ4n) is 2.59. The molecule has 4 N–H and O–H groups in total. The quantitative estimate of drug-likeness (QED) is 0.206. The SMILES string of the molecule is CN(C)C(=O)COC(=O)C(CS(=O)(=O)OC(=O)c1ccc(NC(=N)N)cc1)c1ccccc1. The molecule has 2 aromatic carbocycles. The average molecular weight is 477 g/mol. The van der Waals surface area contributed by atoms with Crippen molar-refractivity contribution in [2.45, 2.75) is 5.92 Å². The zero-order valence-corrected chi connectivity index (χ0v) is 18.8. The van der Waals surface area contributed by atoms with Crippen LogP contribution in [0.15, 0.2) is 54.6 Å². The molecule has 0 aliphatic rings. The van der Waals surface area contributed by atoms with Crippen LogP contribution in [0.1, 0.15) is 21.8 Å². The van der Waals surface area contributed by atoms with Crippen molar-refractivity contribution in [3.05, 3.63) is 65.7 Å². The number of rotatable bonds is 9. The molecule has 176 valence electrons. The Balaban J connectivity index is 2.15. The number of ether oxygens (including phenoxy) is 1. The average Bonchev–Trinajstić information content (AvgIpc) is 2.75. The van der Waals surface area contributed by atoms with Crippen LogP contribution in [0, 0.1) is 5.41 Å². The topological polar surface area (TPSA) is 169 Å². The molecular weight excluding hydrogens is 452 g/mol. The van der Waals surface area contributed by atoms with Gasteiger partial charge in [-0.2, -0.15) is 8.42 Å². The van der Waals surface area contributed by atoms with Gasteiger partial charge in [-0.1, -0.05) is 30.3 Å². The van der Waals surface area contributed by atoms with Gasteiger partial charge in [0, 0.05) is 19.8 Å². The van der Waals surface area contributed by atoms with Crippen LogP contribution in [0.2, 0.25) is 0 Å². The van der Waals surface area contributed by atoms with Gasteiger partial charge in [0.2, 0.25) is 0 Å². The van der Waals surface area contributed by atoms with Gasteiger partial charge in [-0.3, -0.25) is 15.0 Å². The summed E-state index contributed by atoms with van der Waals surface area (Å²) in [7, 11) is -1.55. The summed E-state index contributed by atoms with van der Waals surface area (Å²) in [5, 5.41) is 9.68. The molecule has 0 radical (unpaired) electrons. The van der Waals surface area contributed by atoms with E-state index in [-0.39, 0.29) is 11.5 Å². The van der Waals surface area contributed by atoms with Crippen molar-refractivity contribution in [3.8, 4) is 0 Å². The van der Waals surface area contributed by atoms with Gasteiger partial charge < -0.3 is 24.9 Å². The van der Waals surface area contributed by atoms with E-state index in [4.69, 9.17) is 15.9 Å². The molecule has 1 atom stereocenters. The number of likely N-dealkylation sites (N-methyl/N-ethyl adjacent to an activating group) is 1. The van der Waals surface area contributed by atoms with Gasteiger partial charge in [-0.15, -0.1) is 0 Å². The molecule has 0 fully saturated rings. The second kappa shape index (κ2) is 11.1. The first kappa shape index (κ1) is 25.3. The van der Waals surface area contributed by atoms with E-state index in [0.717, 1.165) is 0 Å². The number of nitrogens with one attached hydrogen (secondary N) is 2. The second-order valence-electron chi connectivity index (χ2n) is 7.07. The number of guanidine groups is 1. The first-order valence-electron chi connectivity index (χ1n) is 9.58. The Hall–Kier alpha value is -3.93. The van der Waals surface area contributed by atoms with Gasteiger partial charge in [0.05, 0.1) is 11.5 Å². The molecule has 0 spiro atoms. The highest BCUT2D eigenvalue weighted by molar-refractivity contribution is 7.87. The van der Waals surface area contributed by atoms with Crippen molar-refractivity contribution >= 4 is 39.6 Å². The standard InChI is InChI=1S/C21H24N4O7S/c1-25(2)18(26)12-31-20(28)17(14-6-4-3-5-7-14)13-33(29,30)32-19(27)15-8-10-16(11-9-15)24-21(22)23/h3-11,17H,12-13H2,1-2H3,(H4,22,23,24). The van der Waals surface area contributed by atoms with E-state index in [1.54, 1.807) is 18.2 Å². The third-order valence-corrected chi connectivity index (χ3v) is 5.44. The maximum Gasteiger partial charge on any atom is 0.353 e. The van der Waals surface area contributed by atoms with Gasteiger partial charge in [-0.05, 0) is 29.8 Å². The normalized spacial score (nSPS) is 11.7. The summed E-state index contributed by atoms with van der Waals surface area (Å²) in [6, 6.07) is 13.4. The van der Waals surface area contributed by atoms with Crippen LogP contribution in [-0.2, 0) is 28.6 Å². The molecular formula is C21H24N4O7S. The Morgan fingerprint density at radius 3 is 2.21 bits per heavy atom. The Morgan fingerprint density at radius 1 is 1.06 bits per heavy atom. The van der Waals surface area contributed by atoms with E-state index < -0.39 is 46.2 Å². The summed E-state index contributed by atoms with van der Waals surface area (Å²) < 4.78 is 34.8. The predicted molar refractivity (Wildman–Crippen MR) is 120 cm³/mol. The fraction of sp³-hybridized carbons (Fsp3) is 0.238. The molecule has 0 heterocycles. The molecule has 1 unspecified atom stereocenters. The molecule has 0 bridgehead atoms. The second-order valence-corrected chi connectivity index (χ2v) is 8.69. The van der Waals surface area contributed by atoms with Crippen molar-refractivity contribution in [2.75, 3.05) is 31.8 Å². The smallest absolute Gasteiger partial charge is 0.353 e. The first-order valence-corrected chi connectivity index (χ1v) is 11.2. The van der Waals surface area contributed by atoms with E-state index in [9.17, 15) is 22.8 Å². The van der Waals surface area contributed by atoms with E-state index in [1.165, 1.54) is 55.4 Å². The summed E-state index contributed by atoms with van der Waals surface area (Å²) in [6.07, 6.45) is 0. The van der Waals surface area contributed by atoms with Gasteiger partial charge in [-0.25, -0.2) is 4.79 Å². The minimum atomic E-state index is -4.52. The van der Waals surface area contributed by atoms with E-state index >= 15 is 0 Å². The van der Waals surface area contributed by atoms with Crippen LogP contribution in [0.5, 0.6) is 0 Å². The highest BCUT2D eigenvalue weighted by Gasteiger charge is 2.31. The van der Waals surface area contributed by atoms with Crippen molar-refractivity contribution in [3.63, 3.8) is 0 Å². The molecule has 0 aliphatic heterocycles. The number of hydrogen-bond donors (Lipinski definition) is 3. The number of nitrogens with zero attached hydrogens (tertiary/aromatic N) is 1. The number of nitrogens with two attached hydrogens (primary N) is 1. The lowest BCUT2D eigenvalue weighted by molar-refractivity contribution is -0.152. The molecule has 33 heavy (non-hydrogen) atoms. The Morgan fingerprint density at radius 2 is 1.67 bits per heavy atom. The molecule has 0 aromatic heterocycles. The van der Waals surface area contributed by atoms with E-state index in [0.29, 0.717) is 11.3 Å². The number of anilines is 1. The maximum absolute atomic E-state index is 12.6. The molecule has 2 rings (SSSR count). The molecule has 0 aliphatic carbocycles. The largest absolute Gasteiger partial charge is 0.455 e. The van der Waals surface area contributed by atoms with Gasteiger partial charge in [0.1, 0.15) is 5.75 Å². The lowest BCUT2D eigenvalue weighted by atomic mass is 10.0. The van der Waals surface area contributed by atoms with Crippen molar-refractivity contribution < 1.29 is 31.7 Å². The van der Waals surface area contributed by atoms with Crippen LogP contribution < -0.4 is 11.1 Å². The van der Waals surface area contributed by atoms with Gasteiger partial charge in [0.25, 0.3) is 5.91 Å². The number of carbonyl (C=O) groups is 3. The van der Waals surface area contributed by atoms with E-state index in [2.05, 4.69) is 9.50 Å². The van der Waals surface area contributed by atoms with Crippen LogP contribution in [0.3, 0.4) is 0 Å².